The monoisotopic (exact) mass is 263 g/mol. The molecule has 19 heavy (non-hydrogen) atoms. The lowest BCUT2D eigenvalue weighted by Crippen LogP contribution is -2.31. The van der Waals surface area contributed by atoms with Crippen molar-refractivity contribution in [2.45, 2.75) is 51.4 Å². The molecular formula is C16H25NO2. The quantitative estimate of drug-likeness (QED) is 0.888. The first-order valence-electron chi connectivity index (χ1n) is 7.22. The number of rotatable bonds is 5. The van der Waals surface area contributed by atoms with Crippen LogP contribution in [0.4, 0.5) is 0 Å². The van der Waals surface area contributed by atoms with Gasteiger partial charge >= 0.3 is 0 Å². The molecule has 1 fully saturated rings. The Balaban J connectivity index is 1.96. The van der Waals surface area contributed by atoms with Crippen LogP contribution in [-0.2, 0) is 9.47 Å². The Morgan fingerprint density at radius 3 is 2.89 bits per heavy atom. The number of hydrogen-bond donors (Lipinski definition) is 1. The third-order valence-corrected chi connectivity index (χ3v) is 3.58. The van der Waals surface area contributed by atoms with E-state index in [0.29, 0.717) is 6.61 Å². The third-order valence-electron chi connectivity index (χ3n) is 3.58. The highest BCUT2D eigenvalue weighted by Crippen LogP contribution is 2.23. The van der Waals surface area contributed by atoms with Gasteiger partial charge in [0.1, 0.15) is 0 Å². The summed E-state index contributed by atoms with van der Waals surface area (Å²) in [6, 6.07) is 8.36. The summed E-state index contributed by atoms with van der Waals surface area (Å²) in [7, 11) is 0. The maximum absolute atomic E-state index is 6.07. The van der Waals surface area contributed by atoms with Crippen molar-refractivity contribution in [1.82, 2.24) is 0 Å². The Kier molecular flexibility index (Phi) is 5.37. The van der Waals surface area contributed by atoms with Gasteiger partial charge in [-0.2, -0.15) is 0 Å². The molecule has 0 amide bonds. The van der Waals surface area contributed by atoms with Crippen molar-refractivity contribution < 1.29 is 9.47 Å². The molecule has 1 aliphatic rings. The van der Waals surface area contributed by atoms with Crippen LogP contribution < -0.4 is 5.73 Å². The molecule has 3 nitrogen and oxygen atoms in total. The molecule has 3 unspecified atom stereocenters. The molecule has 0 saturated carbocycles. The molecular weight excluding hydrogens is 238 g/mol. The lowest BCUT2D eigenvalue weighted by Gasteiger charge is -2.27. The molecule has 106 valence electrons. The molecule has 3 heteroatoms. The highest BCUT2D eigenvalue weighted by Gasteiger charge is 2.21. The van der Waals surface area contributed by atoms with Gasteiger partial charge in [0.15, 0.2) is 0 Å². The minimum Gasteiger partial charge on any atom is -0.376 e. The molecule has 0 spiro atoms. The van der Waals surface area contributed by atoms with Crippen LogP contribution in [0, 0.1) is 6.92 Å². The predicted octanol–water partition coefficient (Wildman–Crippen LogP) is 2.97. The highest BCUT2D eigenvalue weighted by atomic mass is 16.5. The zero-order chi connectivity index (χ0) is 13.7. The molecule has 1 aliphatic heterocycles. The van der Waals surface area contributed by atoms with Gasteiger partial charge in [-0.05, 0) is 38.7 Å². The molecule has 2 N–H and O–H groups in total. The van der Waals surface area contributed by atoms with Gasteiger partial charge in [0.25, 0.3) is 0 Å². The van der Waals surface area contributed by atoms with E-state index in [9.17, 15) is 0 Å². The van der Waals surface area contributed by atoms with Crippen LogP contribution in [0.3, 0.4) is 0 Å². The number of benzene rings is 1. The Labute approximate surface area is 116 Å². The van der Waals surface area contributed by atoms with E-state index in [0.717, 1.165) is 18.6 Å². The predicted molar refractivity (Wildman–Crippen MR) is 77.1 cm³/mol. The SMILES string of the molecule is Cc1cccc(C(OCC2CCCCO2)C(C)N)c1. The van der Waals surface area contributed by atoms with Crippen LogP contribution in [0.15, 0.2) is 24.3 Å². The van der Waals surface area contributed by atoms with Crippen molar-refractivity contribution >= 4 is 0 Å². The van der Waals surface area contributed by atoms with Gasteiger partial charge in [0.2, 0.25) is 0 Å². The Morgan fingerprint density at radius 2 is 2.26 bits per heavy atom. The summed E-state index contributed by atoms with van der Waals surface area (Å²) < 4.78 is 11.7. The van der Waals surface area contributed by atoms with E-state index >= 15 is 0 Å². The van der Waals surface area contributed by atoms with E-state index in [4.69, 9.17) is 15.2 Å². The van der Waals surface area contributed by atoms with E-state index in [-0.39, 0.29) is 18.2 Å². The summed E-state index contributed by atoms with van der Waals surface area (Å²) in [5, 5.41) is 0. The maximum Gasteiger partial charge on any atom is 0.0974 e. The molecule has 3 atom stereocenters. The molecule has 1 heterocycles. The minimum atomic E-state index is -0.0505. The zero-order valence-electron chi connectivity index (χ0n) is 12.0. The van der Waals surface area contributed by atoms with Crippen LogP contribution in [0.1, 0.15) is 43.4 Å². The topological polar surface area (TPSA) is 44.5 Å². The van der Waals surface area contributed by atoms with Gasteiger partial charge in [-0.3, -0.25) is 0 Å². The second-order valence-electron chi connectivity index (χ2n) is 5.52. The molecule has 2 rings (SSSR count). The average molecular weight is 263 g/mol. The first kappa shape index (κ1) is 14.5. The first-order chi connectivity index (χ1) is 9.16. The van der Waals surface area contributed by atoms with Crippen LogP contribution in [0.2, 0.25) is 0 Å². The van der Waals surface area contributed by atoms with Crippen molar-refractivity contribution in [2.75, 3.05) is 13.2 Å². The van der Waals surface area contributed by atoms with E-state index in [1.807, 2.05) is 6.92 Å². The molecule has 0 aliphatic carbocycles. The first-order valence-corrected chi connectivity index (χ1v) is 7.22. The van der Waals surface area contributed by atoms with Crippen LogP contribution in [0.25, 0.3) is 0 Å². The maximum atomic E-state index is 6.07. The second kappa shape index (κ2) is 7.04. The number of ether oxygens (including phenoxy) is 2. The summed E-state index contributed by atoms with van der Waals surface area (Å²) in [5.41, 5.74) is 8.46. The summed E-state index contributed by atoms with van der Waals surface area (Å²) >= 11 is 0. The van der Waals surface area contributed by atoms with Gasteiger partial charge in [-0.15, -0.1) is 0 Å². The summed E-state index contributed by atoms with van der Waals surface area (Å²) in [4.78, 5) is 0. The normalized spacial score (nSPS) is 23.0. The lowest BCUT2D eigenvalue weighted by molar-refractivity contribution is -0.0680. The largest absolute Gasteiger partial charge is 0.376 e. The smallest absolute Gasteiger partial charge is 0.0974 e. The Bertz CT molecular complexity index is 386. The summed E-state index contributed by atoms with van der Waals surface area (Å²) in [6.45, 7) is 5.59. The molecule has 1 aromatic rings. The van der Waals surface area contributed by atoms with Crippen molar-refractivity contribution in [1.29, 1.82) is 0 Å². The minimum absolute atomic E-state index is 0.0228. The number of aryl methyl sites for hydroxylation is 1. The van der Waals surface area contributed by atoms with E-state index in [1.165, 1.54) is 18.4 Å². The van der Waals surface area contributed by atoms with Gasteiger partial charge < -0.3 is 15.2 Å². The van der Waals surface area contributed by atoms with Gasteiger partial charge in [-0.25, -0.2) is 0 Å². The van der Waals surface area contributed by atoms with Crippen LogP contribution in [0.5, 0.6) is 0 Å². The summed E-state index contributed by atoms with van der Waals surface area (Å²) in [5.74, 6) is 0. The van der Waals surface area contributed by atoms with Gasteiger partial charge in [0, 0.05) is 12.6 Å². The van der Waals surface area contributed by atoms with Gasteiger partial charge in [-0.1, -0.05) is 29.8 Å². The fraction of sp³-hybridized carbons (Fsp3) is 0.625. The van der Waals surface area contributed by atoms with E-state index < -0.39 is 0 Å². The second-order valence-corrected chi connectivity index (χ2v) is 5.52. The fourth-order valence-electron chi connectivity index (χ4n) is 2.55. The Morgan fingerprint density at radius 1 is 1.42 bits per heavy atom. The number of hydrogen-bond acceptors (Lipinski definition) is 3. The van der Waals surface area contributed by atoms with Crippen LogP contribution in [-0.4, -0.2) is 25.4 Å². The molecule has 0 aromatic heterocycles. The van der Waals surface area contributed by atoms with Crippen molar-refractivity contribution in [3.63, 3.8) is 0 Å². The average Bonchev–Trinajstić information content (AvgIpc) is 2.40. The molecule has 1 saturated heterocycles. The zero-order valence-corrected chi connectivity index (χ0v) is 12.0. The molecule has 0 bridgehead atoms. The fourth-order valence-corrected chi connectivity index (χ4v) is 2.55. The standard InChI is InChI=1S/C16H25NO2/c1-12-6-5-7-14(10-12)16(13(2)17)19-11-15-8-3-4-9-18-15/h5-7,10,13,15-16H,3-4,8-9,11,17H2,1-2H3. The van der Waals surface area contributed by atoms with Gasteiger partial charge in [0.05, 0.1) is 18.8 Å². The number of nitrogens with two attached hydrogens (primary N) is 1. The van der Waals surface area contributed by atoms with Crippen LogP contribution >= 0.6 is 0 Å². The van der Waals surface area contributed by atoms with Crippen molar-refractivity contribution in [2.24, 2.45) is 5.73 Å². The highest BCUT2D eigenvalue weighted by molar-refractivity contribution is 5.25. The van der Waals surface area contributed by atoms with E-state index in [2.05, 4.69) is 31.2 Å². The summed E-state index contributed by atoms with van der Waals surface area (Å²) in [6.07, 6.45) is 3.69. The Hall–Kier alpha value is -0.900. The van der Waals surface area contributed by atoms with Crippen molar-refractivity contribution in [3.8, 4) is 0 Å². The third kappa shape index (κ3) is 4.30. The van der Waals surface area contributed by atoms with E-state index in [1.54, 1.807) is 0 Å². The lowest BCUT2D eigenvalue weighted by atomic mass is 10.0. The molecule has 0 radical (unpaired) electrons. The van der Waals surface area contributed by atoms with Crippen molar-refractivity contribution in [3.05, 3.63) is 35.4 Å². The molecule has 1 aromatic carbocycles.